The second-order valence-corrected chi connectivity index (χ2v) is 8.07. The summed E-state index contributed by atoms with van der Waals surface area (Å²) in [6, 6.07) is 6.83. The van der Waals surface area contributed by atoms with Gasteiger partial charge in [0.15, 0.2) is 0 Å². The number of anilines is 1. The van der Waals surface area contributed by atoms with Crippen molar-refractivity contribution in [2.24, 2.45) is 11.8 Å². The van der Waals surface area contributed by atoms with Crippen molar-refractivity contribution >= 4 is 23.7 Å². The number of rotatable bonds is 2. The van der Waals surface area contributed by atoms with Crippen LogP contribution in [0.15, 0.2) is 24.3 Å². The second kappa shape index (κ2) is 7.21. The van der Waals surface area contributed by atoms with E-state index in [4.69, 9.17) is 9.47 Å². The number of methoxy groups -OCH3 is 1. The molecule has 2 aliphatic rings. The van der Waals surface area contributed by atoms with E-state index in [0.717, 1.165) is 5.69 Å². The van der Waals surface area contributed by atoms with Crippen molar-refractivity contribution in [1.29, 1.82) is 0 Å². The normalized spacial score (nSPS) is 22.4. The van der Waals surface area contributed by atoms with Crippen LogP contribution in [-0.2, 0) is 14.3 Å². The molecule has 0 unspecified atom stereocenters. The van der Waals surface area contributed by atoms with Crippen molar-refractivity contribution < 1.29 is 23.9 Å². The van der Waals surface area contributed by atoms with Crippen LogP contribution >= 0.6 is 0 Å². The molecule has 2 fully saturated rings. The van der Waals surface area contributed by atoms with Crippen LogP contribution in [0.2, 0.25) is 0 Å². The molecule has 1 aromatic rings. The average Bonchev–Trinajstić information content (AvgIpc) is 2.96. The minimum Gasteiger partial charge on any atom is -0.465 e. The second-order valence-electron chi connectivity index (χ2n) is 8.07. The highest BCUT2D eigenvalue weighted by Crippen LogP contribution is 2.35. The molecule has 7 nitrogen and oxygen atoms in total. The van der Waals surface area contributed by atoms with Crippen molar-refractivity contribution in [2.75, 3.05) is 31.6 Å². The first-order chi connectivity index (χ1) is 12.7. The maximum absolute atomic E-state index is 12.8. The molecule has 1 aromatic carbocycles. The maximum atomic E-state index is 12.8. The zero-order valence-electron chi connectivity index (χ0n) is 16.2. The van der Waals surface area contributed by atoms with Crippen LogP contribution in [0.3, 0.4) is 0 Å². The Bertz CT molecular complexity index is 738. The Labute approximate surface area is 159 Å². The quantitative estimate of drug-likeness (QED) is 0.744. The molecule has 0 saturated carbocycles. The van der Waals surface area contributed by atoms with Crippen molar-refractivity contribution in [2.45, 2.75) is 32.8 Å². The van der Waals surface area contributed by atoms with Gasteiger partial charge in [0.1, 0.15) is 5.60 Å². The van der Waals surface area contributed by atoms with Crippen molar-refractivity contribution in [3.8, 4) is 0 Å². The number of esters is 1. The van der Waals surface area contributed by atoms with Gasteiger partial charge in [-0.2, -0.15) is 0 Å². The van der Waals surface area contributed by atoms with Crippen molar-refractivity contribution in [1.82, 2.24) is 4.90 Å². The minimum absolute atomic E-state index is 0.0784. The topological polar surface area (TPSA) is 76.2 Å². The Morgan fingerprint density at radius 3 is 2.37 bits per heavy atom. The van der Waals surface area contributed by atoms with E-state index in [9.17, 15) is 14.4 Å². The van der Waals surface area contributed by atoms with Gasteiger partial charge in [-0.05, 0) is 51.5 Å². The first kappa shape index (κ1) is 19.2. The van der Waals surface area contributed by atoms with Gasteiger partial charge in [-0.15, -0.1) is 0 Å². The van der Waals surface area contributed by atoms with Crippen LogP contribution in [0.4, 0.5) is 10.5 Å². The number of amides is 2. The summed E-state index contributed by atoms with van der Waals surface area (Å²) in [5.74, 6) is -0.325. The van der Waals surface area contributed by atoms with Gasteiger partial charge >= 0.3 is 12.1 Å². The summed E-state index contributed by atoms with van der Waals surface area (Å²) in [7, 11) is 1.33. The van der Waals surface area contributed by atoms with Crippen LogP contribution in [0.5, 0.6) is 0 Å². The summed E-state index contributed by atoms with van der Waals surface area (Å²) < 4.78 is 10.2. The standard InChI is InChI=1S/C20H26N2O5/c1-20(2,3)27-19(25)21-10-9-16-14(11-21)12-22(17(16)23)15-7-5-13(6-8-15)18(24)26-4/h5-8,14,16H,9-12H2,1-4H3/t14-,16-/m0/s1. The molecule has 0 N–H and O–H groups in total. The first-order valence-corrected chi connectivity index (χ1v) is 9.17. The van der Waals surface area contributed by atoms with E-state index in [1.165, 1.54) is 7.11 Å². The summed E-state index contributed by atoms with van der Waals surface area (Å²) in [6.45, 7) is 7.13. The monoisotopic (exact) mass is 374 g/mol. The third kappa shape index (κ3) is 4.07. The Hall–Kier alpha value is -2.57. The molecule has 2 atom stereocenters. The molecule has 2 aliphatic heterocycles. The van der Waals surface area contributed by atoms with E-state index < -0.39 is 11.6 Å². The van der Waals surface area contributed by atoms with Crippen LogP contribution in [0.25, 0.3) is 0 Å². The smallest absolute Gasteiger partial charge is 0.410 e. The molecule has 27 heavy (non-hydrogen) atoms. The van der Waals surface area contributed by atoms with Crippen molar-refractivity contribution in [3.05, 3.63) is 29.8 Å². The largest absolute Gasteiger partial charge is 0.465 e. The molecule has 0 bridgehead atoms. The first-order valence-electron chi connectivity index (χ1n) is 9.17. The lowest BCUT2D eigenvalue weighted by Gasteiger charge is -2.34. The Balaban J connectivity index is 1.68. The number of hydrogen-bond donors (Lipinski definition) is 0. The number of carbonyl (C=O) groups is 3. The van der Waals surface area contributed by atoms with Gasteiger partial charge in [0, 0.05) is 37.2 Å². The lowest BCUT2D eigenvalue weighted by molar-refractivity contribution is -0.122. The zero-order valence-corrected chi connectivity index (χ0v) is 16.2. The van der Waals surface area contributed by atoms with E-state index in [1.54, 1.807) is 34.1 Å². The van der Waals surface area contributed by atoms with Crippen LogP contribution in [0, 0.1) is 11.8 Å². The summed E-state index contributed by atoms with van der Waals surface area (Å²) in [4.78, 5) is 40.2. The maximum Gasteiger partial charge on any atom is 0.410 e. The van der Waals surface area contributed by atoms with E-state index >= 15 is 0 Å². The Kier molecular flexibility index (Phi) is 5.13. The number of nitrogens with zero attached hydrogens (tertiary/aromatic N) is 2. The van der Waals surface area contributed by atoms with Gasteiger partial charge in [-0.25, -0.2) is 9.59 Å². The van der Waals surface area contributed by atoms with Gasteiger partial charge < -0.3 is 19.3 Å². The molecule has 2 heterocycles. The van der Waals surface area contributed by atoms with Gasteiger partial charge in [0.2, 0.25) is 5.91 Å². The lowest BCUT2D eigenvalue weighted by Crippen LogP contribution is -2.46. The SMILES string of the molecule is COC(=O)c1ccc(N2C[C@@H]3CN(C(=O)OC(C)(C)C)CC[C@@H]3C2=O)cc1. The number of hydrogen-bond acceptors (Lipinski definition) is 5. The number of benzene rings is 1. The number of ether oxygens (including phenoxy) is 2. The fraction of sp³-hybridized carbons (Fsp3) is 0.550. The zero-order chi connectivity index (χ0) is 19.8. The molecular formula is C20H26N2O5. The molecule has 0 aliphatic carbocycles. The molecule has 0 aromatic heterocycles. The molecule has 2 amide bonds. The fourth-order valence-electron chi connectivity index (χ4n) is 3.69. The summed E-state index contributed by atoms with van der Waals surface area (Å²) in [6.07, 6.45) is 0.314. The van der Waals surface area contributed by atoms with Gasteiger partial charge in [-0.1, -0.05) is 0 Å². The molecule has 2 saturated heterocycles. The molecular weight excluding hydrogens is 348 g/mol. The fourth-order valence-corrected chi connectivity index (χ4v) is 3.69. The van der Waals surface area contributed by atoms with Crippen molar-refractivity contribution in [3.63, 3.8) is 0 Å². The summed E-state index contributed by atoms with van der Waals surface area (Å²) >= 11 is 0. The predicted molar refractivity (Wildman–Crippen MR) is 99.5 cm³/mol. The molecule has 0 spiro atoms. The number of piperidine rings is 1. The summed E-state index contributed by atoms with van der Waals surface area (Å²) in [5.41, 5.74) is 0.666. The molecule has 146 valence electrons. The van der Waals surface area contributed by atoms with E-state index in [-0.39, 0.29) is 23.8 Å². The highest BCUT2D eigenvalue weighted by atomic mass is 16.6. The van der Waals surface area contributed by atoms with E-state index in [0.29, 0.717) is 31.6 Å². The number of carbonyl (C=O) groups excluding carboxylic acids is 3. The minimum atomic E-state index is -0.535. The van der Waals surface area contributed by atoms with E-state index in [2.05, 4.69) is 0 Å². The third-order valence-electron chi connectivity index (χ3n) is 4.99. The molecule has 0 radical (unpaired) electrons. The van der Waals surface area contributed by atoms with Crippen LogP contribution in [0.1, 0.15) is 37.6 Å². The highest BCUT2D eigenvalue weighted by Gasteiger charge is 2.45. The summed E-state index contributed by atoms with van der Waals surface area (Å²) in [5, 5.41) is 0. The number of fused-ring (bicyclic) bond motifs is 1. The number of likely N-dealkylation sites (tertiary alicyclic amines) is 1. The van der Waals surface area contributed by atoms with Gasteiger partial charge in [0.25, 0.3) is 0 Å². The predicted octanol–water partition coefficient (Wildman–Crippen LogP) is 2.69. The Morgan fingerprint density at radius 2 is 1.78 bits per heavy atom. The Morgan fingerprint density at radius 1 is 1.11 bits per heavy atom. The van der Waals surface area contributed by atoms with Gasteiger partial charge in [0.05, 0.1) is 12.7 Å². The lowest BCUT2D eigenvalue weighted by atomic mass is 9.88. The molecule has 7 heteroatoms. The van der Waals surface area contributed by atoms with Crippen LogP contribution < -0.4 is 4.90 Å². The molecule has 3 rings (SSSR count). The highest BCUT2D eigenvalue weighted by molar-refractivity contribution is 5.98. The van der Waals surface area contributed by atoms with E-state index in [1.807, 2.05) is 20.8 Å². The van der Waals surface area contributed by atoms with Gasteiger partial charge in [-0.3, -0.25) is 4.79 Å². The third-order valence-corrected chi connectivity index (χ3v) is 4.99. The average molecular weight is 374 g/mol. The van der Waals surface area contributed by atoms with Crippen LogP contribution in [-0.4, -0.2) is 55.2 Å².